The van der Waals surface area contributed by atoms with Crippen molar-refractivity contribution < 1.29 is 0 Å². The first kappa shape index (κ1) is 18.0. The van der Waals surface area contributed by atoms with E-state index in [1.165, 1.54) is 5.56 Å². The Hall–Kier alpha value is -1.42. The van der Waals surface area contributed by atoms with E-state index in [0.29, 0.717) is 16.9 Å². The van der Waals surface area contributed by atoms with E-state index in [4.69, 9.17) is 40.4 Å². The molecule has 3 atom stereocenters. The SMILES string of the molecule is CC(C)C1CC(=S)N[C@@H](c2cccc(Cl)c2)[C@@]12C=Nc1cc(Cl)ccc12. The minimum Gasteiger partial charge on any atom is -0.372 e. The van der Waals surface area contributed by atoms with Gasteiger partial charge in [-0.15, -0.1) is 0 Å². The molecule has 2 heterocycles. The maximum absolute atomic E-state index is 6.30. The van der Waals surface area contributed by atoms with Gasteiger partial charge in [-0.2, -0.15) is 0 Å². The summed E-state index contributed by atoms with van der Waals surface area (Å²) in [6.07, 6.45) is 2.96. The van der Waals surface area contributed by atoms with Crippen LogP contribution < -0.4 is 5.32 Å². The Morgan fingerprint density at radius 2 is 1.92 bits per heavy atom. The Kier molecular flexibility index (Phi) is 4.58. The lowest BCUT2D eigenvalue weighted by atomic mass is 9.59. The molecular weight excluding hydrogens is 383 g/mol. The number of benzene rings is 2. The van der Waals surface area contributed by atoms with Gasteiger partial charge in [0.2, 0.25) is 0 Å². The molecule has 26 heavy (non-hydrogen) atoms. The number of aliphatic imine (C=N–C) groups is 1. The second kappa shape index (κ2) is 6.63. The van der Waals surface area contributed by atoms with E-state index in [1.807, 2.05) is 30.3 Å². The molecule has 2 nitrogen and oxygen atoms in total. The number of rotatable bonds is 2. The molecule has 1 spiro atoms. The molecule has 2 aromatic rings. The van der Waals surface area contributed by atoms with Crippen molar-refractivity contribution in [3.05, 3.63) is 63.6 Å². The Morgan fingerprint density at radius 1 is 1.15 bits per heavy atom. The summed E-state index contributed by atoms with van der Waals surface area (Å²) in [5, 5.41) is 5.01. The average Bonchev–Trinajstić information content (AvgIpc) is 2.95. The summed E-state index contributed by atoms with van der Waals surface area (Å²) in [5.41, 5.74) is 3.01. The predicted octanol–water partition coefficient (Wildman–Crippen LogP) is 6.28. The third-order valence-corrected chi connectivity index (χ3v) is 6.39. The number of hydrogen-bond acceptors (Lipinski definition) is 2. The average molecular weight is 403 g/mol. The maximum Gasteiger partial charge on any atom is 0.0761 e. The van der Waals surface area contributed by atoms with Crippen molar-refractivity contribution in [1.82, 2.24) is 5.32 Å². The molecule has 0 saturated carbocycles. The summed E-state index contributed by atoms with van der Waals surface area (Å²) in [7, 11) is 0. The number of hydrogen-bond donors (Lipinski definition) is 1. The molecular formula is C21H20Cl2N2S. The number of fused-ring (bicyclic) bond motifs is 2. The number of nitrogens with zero attached hydrogens (tertiary/aromatic N) is 1. The standard InChI is InChI=1S/C21H20Cl2N2S/c1-12(2)17-10-19(26)25-20(13-4-3-5-14(22)8-13)21(17)11-24-18-9-15(23)6-7-16(18)21/h3-9,11-12,17,20H,10H2,1-2H3,(H,25,26)/t17?,20-,21+/m0/s1. The van der Waals surface area contributed by atoms with Gasteiger partial charge in [-0.1, -0.05) is 67.5 Å². The fraction of sp³-hybridized carbons (Fsp3) is 0.333. The molecule has 4 rings (SSSR count). The Bertz CT molecular complexity index is 909. The fourth-order valence-electron chi connectivity index (χ4n) is 4.50. The maximum atomic E-state index is 6.30. The van der Waals surface area contributed by atoms with Crippen LogP contribution in [0.15, 0.2) is 47.5 Å². The minimum absolute atomic E-state index is 0.0129. The number of thiocarbonyl (C=S) groups is 1. The van der Waals surface area contributed by atoms with Gasteiger partial charge in [0.15, 0.2) is 0 Å². The zero-order valence-corrected chi connectivity index (χ0v) is 17.0. The van der Waals surface area contributed by atoms with Crippen LogP contribution in [0, 0.1) is 11.8 Å². The molecule has 1 fully saturated rings. The predicted molar refractivity (Wildman–Crippen MR) is 114 cm³/mol. The second-order valence-electron chi connectivity index (χ2n) is 7.46. The topological polar surface area (TPSA) is 24.4 Å². The molecule has 1 saturated heterocycles. The van der Waals surface area contributed by atoms with E-state index in [1.54, 1.807) is 0 Å². The molecule has 1 N–H and O–H groups in total. The summed E-state index contributed by atoms with van der Waals surface area (Å²) < 4.78 is 0. The van der Waals surface area contributed by atoms with Gasteiger partial charge in [0.1, 0.15) is 0 Å². The molecule has 5 heteroatoms. The van der Waals surface area contributed by atoms with Gasteiger partial charge < -0.3 is 5.32 Å². The Labute approximate surface area is 169 Å². The normalized spacial score (nSPS) is 27.0. The van der Waals surface area contributed by atoms with Crippen molar-refractivity contribution in [1.29, 1.82) is 0 Å². The molecule has 0 aromatic heterocycles. The third kappa shape index (κ3) is 2.77. The van der Waals surface area contributed by atoms with Crippen molar-refractivity contribution in [2.75, 3.05) is 0 Å². The molecule has 0 aliphatic carbocycles. The molecule has 134 valence electrons. The van der Waals surface area contributed by atoms with E-state index in [2.05, 4.69) is 37.5 Å². The van der Waals surface area contributed by atoms with Crippen LogP contribution in [0.1, 0.15) is 37.4 Å². The van der Waals surface area contributed by atoms with Crippen LogP contribution in [0.4, 0.5) is 5.69 Å². The van der Waals surface area contributed by atoms with Crippen LogP contribution in [-0.4, -0.2) is 11.2 Å². The van der Waals surface area contributed by atoms with Gasteiger partial charge in [-0.25, -0.2) is 0 Å². The zero-order valence-electron chi connectivity index (χ0n) is 14.7. The zero-order chi connectivity index (χ0) is 18.5. The second-order valence-corrected chi connectivity index (χ2v) is 8.83. The van der Waals surface area contributed by atoms with Crippen molar-refractivity contribution in [2.45, 2.75) is 31.7 Å². The third-order valence-electron chi connectivity index (χ3n) is 5.63. The molecule has 2 aromatic carbocycles. The number of piperidine rings is 1. The van der Waals surface area contributed by atoms with Gasteiger partial charge in [0.25, 0.3) is 0 Å². The van der Waals surface area contributed by atoms with Gasteiger partial charge in [0, 0.05) is 22.7 Å². The monoisotopic (exact) mass is 402 g/mol. The van der Waals surface area contributed by atoms with Gasteiger partial charge in [-0.3, -0.25) is 4.99 Å². The van der Waals surface area contributed by atoms with Gasteiger partial charge in [-0.05, 0) is 47.2 Å². The first-order valence-corrected chi connectivity index (χ1v) is 9.98. The van der Waals surface area contributed by atoms with Crippen LogP contribution in [0.2, 0.25) is 10.0 Å². The van der Waals surface area contributed by atoms with E-state index >= 15 is 0 Å². The minimum atomic E-state index is -0.277. The largest absolute Gasteiger partial charge is 0.372 e. The molecule has 0 amide bonds. The smallest absolute Gasteiger partial charge is 0.0761 e. The van der Waals surface area contributed by atoms with E-state index < -0.39 is 0 Å². The van der Waals surface area contributed by atoms with Crippen molar-refractivity contribution in [3.63, 3.8) is 0 Å². The lowest BCUT2D eigenvalue weighted by Gasteiger charge is -2.49. The molecule has 0 radical (unpaired) electrons. The summed E-state index contributed by atoms with van der Waals surface area (Å²) in [4.78, 5) is 5.67. The van der Waals surface area contributed by atoms with Crippen LogP contribution in [0.3, 0.4) is 0 Å². The van der Waals surface area contributed by atoms with Gasteiger partial charge in [0.05, 0.1) is 22.1 Å². The first-order chi connectivity index (χ1) is 12.4. The van der Waals surface area contributed by atoms with Crippen molar-refractivity contribution in [2.24, 2.45) is 16.8 Å². The summed E-state index contributed by atoms with van der Waals surface area (Å²) in [5.74, 6) is 0.788. The lowest BCUT2D eigenvalue weighted by molar-refractivity contribution is 0.217. The molecule has 0 bridgehead atoms. The van der Waals surface area contributed by atoms with E-state index in [9.17, 15) is 0 Å². The Balaban J connectivity index is 1.95. The van der Waals surface area contributed by atoms with E-state index in [0.717, 1.165) is 27.7 Å². The van der Waals surface area contributed by atoms with Crippen LogP contribution >= 0.6 is 35.4 Å². The molecule has 1 unspecified atom stereocenters. The summed E-state index contributed by atoms with van der Waals surface area (Å²) in [6.45, 7) is 4.52. The van der Waals surface area contributed by atoms with Gasteiger partial charge >= 0.3 is 0 Å². The van der Waals surface area contributed by atoms with Crippen LogP contribution in [0.5, 0.6) is 0 Å². The summed E-state index contributed by atoms with van der Waals surface area (Å²) in [6, 6.07) is 14.0. The first-order valence-electron chi connectivity index (χ1n) is 8.82. The molecule has 2 aliphatic rings. The lowest BCUT2D eigenvalue weighted by Crippen LogP contribution is -2.55. The van der Waals surface area contributed by atoms with Crippen molar-refractivity contribution in [3.8, 4) is 0 Å². The van der Waals surface area contributed by atoms with Crippen molar-refractivity contribution >= 4 is 52.3 Å². The Morgan fingerprint density at radius 3 is 2.65 bits per heavy atom. The van der Waals surface area contributed by atoms with E-state index in [-0.39, 0.29) is 11.5 Å². The number of halogens is 2. The van der Waals surface area contributed by atoms with Crippen LogP contribution in [-0.2, 0) is 5.41 Å². The fourth-order valence-corrected chi connectivity index (χ4v) is 5.17. The highest BCUT2D eigenvalue weighted by Gasteiger charge is 2.53. The highest BCUT2D eigenvalue weighted by molar-refractivity contribution is 7.80. The van der Waals surface area contributed by atoms with Crippen LogP contribution in [0.25, 0.3) is 0 Å². The molecule has 2 aliphatic heterocycles. The number of nitrogens with one attached hydrogen (secondary N) is 1. The quantitative estimate of drug-likeness (QED) is 0.597. The highest BCUT2D eigenvalue weighted by atomic mass is 35.5. The summed E-state index contributed by atoms with van der Waals surface area (Å²) >= 11 is 18.2. The highest BCUT2D eigenvalue weighted by Crippen LogP contribution is 2.54.